The Morgan fingerprint density at radius 3 is 2.33 bits per heavy atom. The molecule has 0 spiro atoms. The third kappa shape index (κ3) is 6.16. The average Bonchev–Trinajstić information content (AvgIpc) is 1.84. The van der Waals surface area contributed by atoms with Crippen LogP contribution in [0.3, 0.4) is 0 Å². The summed E-state index contributed by atoms with van der Waals surface area (Å²) in [4.78, 5) is 10.4. The van der Waals surface area contributed by atoms with Crippen LogP contribution in [-0.4, -0.2) is 23.7 Å². The first-order valence-electron chi connectivity index (χ1n) is 4.29. The van der Waals surface area contributed by atoms with Gasteiger partial charge in [0.2, 0.25) is 0 Å². The van der Waals surface area contributed by atoms with Crippen molar-refractivity contribution < 1.29 is 9.90 Å². The second kappa shape index (κ2) is 4.45. The average molecular weight is 173 g/mol. The van der Waals surface area contributed by atoms with Crippen LogP contribution in [-0.2, 0) is 4.79 Å². The monoisotopic (exact) mass is 173 g/mol. The molecule has 0 saturated carbocycles. The minimum Gasteiger partial charge on any atom is -0.480 e. The summed E-state index contributed by atoms with van der Waals surface area (Å²) in [6.07, 6.45) is 0.991. The molecule has 0 heterocycles. The third-order valence-electron chi connectivity index (χ3n) is 1.70. The predicted molar refractivity (Wildman–Crippen MR) is 49.2 cm³/mol. The summed E-state index contributed by atoms with van der Waals surface area (Å²) in [6, 6.07) is -0.438. The fourth-order valence-corrected chi connectivity index (χ4v) is 0.751. The van der Waals surface area contributed by atoms with Gasteiger partial charge in [-0.15, -0.1) is 0 Å². The fourth-order valence-electron chi connectivity index (χ4n) is 0.751. The molecule has 0 aromatic carbocycles. The molecule has 0 rings (SSSR count). The molecule has 0 fully saturated rings. The van der Waals surface area contributed by atoms with E-state index in [4.69, 9.17) is 5.11 Å². The summed E-state index contributed by atoms with van der Waals surface area (Å²) >= 11 is 0. The SMILES string of the molecule is CC(NCCC(C)(C)C)C(=O)O. The molecule has 1 unspecified atom stereocenters. The highest BCUT2D eigenvalue weighted by molar-refractivity contribution is 5.72. The highest BCUT2D eigenvalue weighted by Gasteiger charge is 2.13. The summed E-state index contributed by atoms with van der Waals surface area (Å²) in [5, 5.41) is 11.5. The number of rotatable bonds is 4. The van der Waals surface area contributed by atoms with E-state index in [-0.39, 0.29) is 5.41 Å². The topological polar surface area (TPSA) is 49.3 Å². The highest BCUT2D eigenvalue weighted by atomic mass is 16.4. The first kappa shape index (κ1) is 11.4. The Labute approximate surface area is 74.2 Å². The maximum absolute atomic E-state index is 10.4. The van der Waals surface area contributed by atoms with Gasteiger partial charge in [-0.25, -0.2) is 0 Å². The van der Waals surface area contributed by atoms with Crippen LogP contribution in [0.4, 0.5) is 0 Å². The Bertz CT molecular complexity index is 149. The lowest BCUT2D eigenvalue weighted by Gasteiger charge is -2.19. The summed E-state index contributed by atoms with van der Waals surface area (Å²) < 4.78 is 0. The van der Waals surface area contributed by atoms with E-state index in [2.05, 4.69) is 26.1 Å². The number of carboxylic acids is 1. The lowest BCUT2D eigenvalue weighted by atomic mass is 9.92. The van der Waals surface area contributed by atoms with E-state index < -0.39 is 12.0 Å². The zero-order valence-electron chi connectivity index (χ0n) is 8.35. The van der Waals surface area contributed by atoms with Crippen LogP contribution >= 0.6 is 0 Å². The summed E-state index contributed by atoms with van der Waals surface area (Å²) in [5.41, 5.74) is 0.269. The van der Waals surface area contributed by atoms with Crippen molar-refractivity contribution in [2.75, 3.05) is 6.54 Å². The van der Waals surface area contributed by atoms with Gasteiger partial charge < -0.3 is 10.4 Å². The van der Waals surface area contributed by atoms with Crippen LogP contribution in [0.15, 0.2) is 0 Å². The summed E-state index contributed by atoms with van der Waals surface area (Å²) in [6.45, 7) is 8.84. The molecule has 72 valence electrons. The molecule has 0 aromatic heterocycles. The zero-order valence-corrected chi connectivity index (χ0v) is 8.35. The molecule has 0 saturated heterocycles. The highest BCUT2D eigenvalue weighted by Crippen LogP contribution is 2.16. The van der Waals surface area contributed by atoms with Gasteiger partial charge in [-0.2, -0.15) is 0 Å². The van der Waals surface area contributed by atoms with Gasteiger partial charge in [0.1, 0.15) is 6.04 Å². The molecule has 2 N–H and O–H groups in total. The molecule has 3 heteroatoms. The molecule has 0 aromatic rings. The van der Waals surface area contributed by atoms with Crippen molar-refractivity contribution in [3.8, 4) is 0 Å². The van der Waals surface area contributed by atoms with Gasteiger partial charge in [0.05, 0.1) is 0 Å². The third-order valence-corrected chi connectivity index (χ3v) is 1.70. The Kier molecular flexibility index (Phi) is 4.24. The molecule has 1 atom stereocenters. The molecule has 0 aliphatic rings. The molecule has 0 amide bonds. The molecule has 0 radical (unpaired) electrons. The molecule has 12 heavy (non-hydrogen) atoms. The van der Waals surface area contributed by atoms with Crippen LogP contribution in [0.1, 0.15) is 34.1 Å². The maximum Gasteiger partial charge on any atom is 0.320 e. The molecule has 3 nitrogen and oxygen atoms in total. The maximum atomic E-state index is 10.4. The Morgan fingerprint density at radius 1 is 1.50 bits per heavy atom. The van der Waals surface area contributed by atoms with Crippen molar-refractivity contribution in [3.05, 3.63) is 0 Å². The van der Waals surface area contributed by atoms with Gasteiger partial charge in [0, 0.05) is 0 Å². The normalized spacial score (nSPS) is 14.3. The van der Waals surface area contributed by atoms with E-state index in [0.29, 0.717) is 0 Å². The van der Waals surface area contributed by atoms with Gasteiger partial charge in [0.15, 0.2) is 0 Å². The van der Waals surface area contributed by atoms with E-state index in [1.54, 1.807) is 6.92 Å². The molecule has 0 aliphatic carbocycles. The van der Waals surface area contributed by atoms with Gasteiger partial charge in [-0.1, -0.05) is 20.8 Å². The summed E-state index contributed by atoms with van der Waals surface area (Å²) in [7, 11) is 0. The van der Waals surface area contributed by atoms with Crippen LogP contribution in [0.2, 0.25) is 0 Å². The zero-order chi connectivity index (χ0) is 9.78. The molecular formula is C9H19NO2. The second-order valence-corrected chi connectivity index (χ2v) is 4.32. The van der Waals surface area contributed by atoms with E-state index in [1.807, 2.05) is 0 Å². The predicted octanol–water partition coefficient (Wildman–Crippen LogP) is 1.49. The minimum absolute atomic E-state index is 0.269. The second-order valence-electron chi connectivity index (χ2n) is 4.32. The van der Waals surface area contributed by atoms with E-state index >= 15 is 0 Å². The molecule has 0 aliphatic heterocycles. The smallest absolute Gasteiger partial charge is 0.320 e. The van der Waals surface area contributed by atoms with Crippen LogP contribution in [0.25, 0.3) is 0 Å². The van der Waals surface area contributed by atoms with Crippen LogP contribution < -0.4 is 5.32 Å². The standard InChI is InChI=1S/C9H19NO2/c1-7(8(11)12)10-6-5-9(2,3)4/h7,10H,5-6H2,1-4H3,(H,11,12). The van der Waals surface area contributed by atoms with Crippen molar-refractivity contribution in [1.29, 1.82) is 0 Å². The van der Waals surface area contributed by atoms with Crippen molar-refractivity contribution >= 4 is 5.97 Å². The first-order valence-corrected chi connectivity index (χ1v) is 4.29. The Morgan fingerprint density at radius 2 is 2.00 bits per heavy atom. The van der Waals surface area contributed by atoms with Crippen molar-refractivity contribution in [1.82, 2.24) is 5.32 Å². The van der Waals surface area contributed by atoms with Gasteiger partial charge in [0.25, 0.3) is 0 Å². The quantitative estimate of drug-likeness (QED) is 0.677. The van der Waals surface area contributed by atoms with Gasteiger partial charge in [-0.3, -0.25) is 4.79 Å². The largest absolute Gasteiger partial charge is 0.480 e. The Hall–Kier alpha value is -0.570. The number of nitrogens with one attached hydrogen (secondary N) is 1. The van der Waals surface area contributed by atoms with E-state index in [0.717, 1.165) is 13.0 Å². The van der Waals surface area contributed by atoms with Gasteiger partial charge in [-0.05, 0) is 25.3 Å². The number of carbonyl (C=O) groups is 1. The van der Waals surface area contributed by atoms with Crippen LogP contribution in [0.5, 0.6) is 0 Å². The van der Waals surface area contributed by atoms with E-state index in [9.17, 15) is 4.79 Å². The molecular weight excluding hydrogens is 154 g/mol. The van der Waals surface area contributed by atoms with Crippen molar-refractivity contribution in [2.24, 2.45) is 5.41 Å². The minimum atomic E-state index is -0.788. The Balaban J connectivity index is 3.51. The lowest BCUT2D eigenvalue weighted by Crippen LogP contribution is -2.35. The number of hydrogen-bond donors (Lipinski definition) is 2. The van der Waals surface area contributed by atoms with Crippen molar-refractivity contribution in [3.63, 3.8) is 0 Å². The number of aliphatic carboxylic acids is 1. The van der Waals surface area contributed by atoms with Crippen LogP contribution in [0, 0.1) is 5.41 Å². The van der Waals surface area contributed by atoms with Gasteiger partial charge >= 0.3 is 5.97 Å². The van der Waals surface area contributed by atoms with Crippen molar-refractivity contribution in [2.45, 2.75) is 40.2 Å². The fraction of sp³-hybridized carbons (Fsp3) is 0.889. The molecule has 0 bridgehead atoms. The number of hydrogen-bond acceptors (Lipinski definition) is 2. The lowest BCUT2D eigenvalue weighted by molar-refractivity contribution is -0.139. The first-order chi connectivity index (χ1) is 5.33. The number of carboxylic acid groups (broad SMARTS) is 1. The summed E-state index contributed by atoms with van der Waals surface area (Å²) in [5.74, 6) is -0.788. The van der Waals surface area contributed by atoms with E-state index in [1.165, 1.54) is 0 Å².